The molecule has 0 amide bonds. The van der Waals surface area contributed by atoms with Gasteiger partial charge in [0.2, 0.25) is 0 Å². The monoisotopic (exact) mass is 194 g/mol. The van der Waals surface area contributed by atoms with Gasteiger partial charge in [0, 0.05) is 24.5 Å². The summed E-state index contributed by atoms with van der Waals surface area (Å²) in [7, 11) is 0. The van der Waals surface area contributed by atoms with Gasteiger partial charge >= 0.3 is 0 Å². The van der Waals surface area contributed by atoms with E-state index in [9.17, 15) is 4.79 Å². The first kappa shape index (κ1) is 11.0. The minimum absolute atomic E-state index is 0.186. The molecule has 0 fully saturated rings. The molecular weight excluding hydrogens is 176 g/mol. The van der Waals surface area contributed by atoms with E-state index in [0.717, 1.165) is 13.1 Å². The molecule has 0 spiro atoms. The molecule has 1 rings (SSSR count). The average Bonchev–Trinajstić information content (AvgIpc) is 2.42. The van der Waals surface area contributed by atoms with Gasteiger partial charge in [-0.1, -0.05) is 0 Å². The lowest BCUT2D eigenvalue weighted by Crippen LogP contribution is -2.25. The molecule has 1 heterocycles. The summed E-state index contributed by atoms with van der Waals surface area (Å²) in [5.74, 6) is 0.186. The molecule has 0 saturated heterocycles. The van der Waals surface area contributed by atoms with E-state index in [1.165, 1.54) is 11.4 Å². The van der Waals surface area contributed by atoms with Crippen molar-refractivity contribution in [2.75, 3.05) is 13.1 Å². The van der Waals surface area contributed by atoms with E-state index in [0.29, 0.717) is 6.54 Å². The van der Waals surface area contributed by atoms with Crippen molar-refractivity contribution in [1.29, 1.82) is 0 Å². The van der Waals surface area contributed by atoms with Gasteiger partial charge in [-0.3, -0.25) is 4.79 Å². The third-order valence-corrected chi connectivity index (χ3v) is 2.30. The van der Waals surface area contributed by atoms with Gasteiger partial charge in [0.25, 0.3) is 0 Å². The summed E-state index contributed by atoms with van der Waals surface area (Å²) in [6.45, 7) is 8.03. The quantitative estimate of drug-likeness (QED) is 0.716. The molecule has 3 nitrogen and oxygen atoms in total. The van der Waals surface area contributed by atoms with Crippen LogP contribution in [0.3, 0.4) is 0 Å². The van der Waals surface area contributed by atoms with Gasteiger partial charge < -0.3 is 9.88 Å². The van der Waals surface area contributed by atoms with Crippen molar-refractivity contribution in [1.82, 2.24) is 9.88 Å². The number of carbonyl (C=O) groups is 1. The van der Waals surface area contributed by atoms with Crippen molar-refractivity contribution in [3.63, 3.8) is 0 Å². The van der Waals surface area contributed by atoms with Gasteiger partial charge in [0.15, 0.2) is 0 Å². The van der Waals surface area contributed by atoms with E-state index in [-0.39, 0.29) is 5.78 Å². The van der Waals surface area contributed by atoms with E-state index in [1.807, 2.05) is 0 Å². The topological polar surface area (TPSA) is 34.0 Å². The second kappa shape index (κ2) is 4.96. The fraction of sp³-hybridized carbons (Fsp3) is 0.545. The highest BCUT2D eigenvalue weighted by Crippen LogP contribution is 2.05. The summed E-state index contributed by atoms with van der Waals surface area (Å²) in [5, 5.41) is 3.11. The van der Waals surface area contributed by atoms with Crippen LogP contribution in [-0.4, -0.2) is 23.4 Å². The van der Waals surface area contributed by atoms with Crippen LogP contribution in [0, 0.1) is 13.8 Å². The number of carbonyl (C=O) groups excluding carboxylic acids is 1. The fourth-order valence-electron chi connectivity index (χ4n) is 1.51. The summed E-state index contributed by atoms with van der Waals surface area (Å²) in [4.78, 5) is 10.7. The molecule has 0 aliphatic carbocycles. The van der Waals surface area contributed by atoms with Crippen molar-refractivity contribution in [2.45, 2.75) is 27.3 Å². The molecule has 0 atom stereocenters. The SMILES string of the molecule is CC(=O)CNCCn1c(C)ccc1C. The van der Waals surface area contributed by atoms with Crippen LogP contribution in [-0.2, 0) is 11.3 Å². The molecule has 0 bridgehead atoms. The number of aromatic nitrogens is 1. The minimum Gasteiger partial charge on any atom is -0.348 e. The maximum atomic E-state index is 10.7. The van der Waals surface area contributed by atoms with Gasteiger partial charge in [-0.25, -0.2) is 0 Å². The largest absolute Gasteiger partial charge is 0.348 e. The first-order valence-corrected chi connectivity index (χ1v) is 4.94. The second-order valence-corrected chi connectivity index (χ2v) is 3.65. The molecule has 1 aromatic heterocycles. The molecule has 0 saturated carbocycles. The number of hydrogen-bond acceptors (Lipinski definition) is 2. The number of hydrogen-bond donors (Lipinski definition) is 1. The Morgan fingerprint density at radius 1 is 1.36 bits per heavy atom. The second-order valence-electron chi connectivity index (χ2n) is 3.65. The highest BCUT2D eigenvalue weighted by molar-refractivity contribution is 5.77. The van der Waals surface area contributed by atoms with Crippen LogP contribution in [0.15, 0.2) is 12.1 Å². The molecule has 0 unspecified atom stereocenters. The zero-order valence-corrected chi connectivity index (χ0v) is 9.13. The standard InChI is InChI=1S/C11H18N2O/c1-9-4-5-10(2)13(9)7-6-12-8-11(3)14/h4-5,12H,6-8H2,1-3H3. The summed E-state index contributed by atoms with van der Waals surface area (Å²) in [6, 6.07) is 4.22. The molecule has 0 aliphatic heterocycles. The first-order valence-electron chi connectivity index (χ1n) is 4.94. The Morgan fingerprint density at radius 2 is 1.93 bits per heavy atom. The van der Waals surface area contributed by atoms with Crippen LogP contribution in [0.5, 0.6) is 0 Å². The van der Waals surface area contributed by atoms with E-state index in [1.54, 1.807) is 6.92 Å². The van der Waals surface area contributed by atoms with E-state index < -0.39 is 0 Å². The van der Waals surface area contributed by atoms with Gasteiger partial charge in [-0.15, -0.1) is 0 Å². The summed E-state index contributed by atoms with van der Waals surface area (Å²) in [5.41, 5.74) is 2.54. The maximum Gasteiger partial charge on any atom is 0.143 e. The smallest absolute Gasteiger partial charge is 0.143 e. The summed E-state index contributed by atoms with van der Waals surface area (Å²) in [6.07, 6.45) is 0. The van der Waals surface area contributed by atoms with Gasteiger partial charge in [0.05, 0.1) is 6.54 Å². The predicted octanol–water partition coefficient (Wildman–Crippen LogP) is 1.28. The summed E-state index contributed by atoms with van der Waals surface area (Å²) >= 11 is 0. The molecule has 3 heteroatoms. The zero-order valence-electron chi connectivity index (χ0n) is 9.13. The molecule has 1 N–H and O–H groups in total. The van der Waals surface area contributed by atoms with E-state index >= 15 is 0 Å². The number of rotatable bonds is 5. The lowest BCUT2D eigenvalue weighted by Gasteiger charge is -2.09. The van der Waals surface area contributed by atoms with Crippen molar-refractivity contribution in [3.8, 4) is 0 Å². The Kier molecular flexibility index (Phi) is 3.89. The Morgan fingerprint density at radius 3 is 2.43 bits per heavy atom. The Labute approximate surface area is 85.1 Å². The Balaban J connectivity index is 2.34. The number of aryl methyl sites for hydroxylation is 2. The van der Waals surface area contributed by atoms with Gasteiger partial charge in [0.1, 0.15) is 5.78 Å². The van der Waals surface area contributed by atoms with Gasteiger partial charge in [-0.2, -0.15) is 0 Å². The highest BCUT2D eigenvalue weighted by Gasteiger charge is 1.99. The van der Waals surface area contributed by atoms with Crippen LogP contribution in [0.4, 0.5) is 0 Å². The minimum atomic E-state index is 0.186. The molecule has 1 aromatic rings. The lowest BCUT2D eigenvalue weighted by atomic mass is 10.4. The normalized spacial score (nSPS) is 10.5. The molecular formula is C11H18N2O. The molecule has 14 heavy (non-hydrogen) atoms. The van der Waals surface area contributed by atoms with Crippen LogP contribution < -0.4 is 5.32 Å². The maximum absolute atomic E-state index is 10.7. The third-order valence-electron chi connectivity index (χ3n) is 2.30. The number of Topliss-reactive ketones (excluding diaryl/α,β-unsaturated/α-hetero) is 1. The van der Waals surface area contributed by atoms with Crippen LogP contribution in [0.1, 0.15) is 18.3 Å². The van der Waals surface area contributed by atoms with Crippen molar-refractivity contribution in [2.24, 2.45) is 0 Å². The third kappa shape index (κ3) is 3.00. The van der Waals surface area contributed by atoms with Crippen LogP contribution >= 0.6 is 0 Å². The van der Waals surface area contributed by atoms with Crippen molar-refractivity contribution in [3.05, 3.63) is 23.5 Å². The molecule has 78 valence electrons. The number of nitrogens with one attached hydrogen (secondary N) is 1. The molecule has 0 aromatic carbocycles. The average molecular weight is 194 g/mol. The van der Waals surface area contributed by atoms with E-state index in [2.05, 4.69) is 35.9 Å². The molecule has 0 aliphatic rings. The first-order chi connectivity index (χ1) is 6.61. The predicted molar refractivity (Wildman–Crippen MR) is 57.5 cm³/mol. The molecule has 0 radical (unpaired) electrons. The Hall–Kier alpha value is -1.09. The zero-order chi connectivity index (χ0) is 10.6. The number of nitrogens with zero attached hydrogens (tertiary/aromatic N) is 1. The fourth-order valence-corrected chi connectivity index (χ4v) is 1.51. The van der Waals surface area contributed by atoms with E-state index in [4.69, 9.17) is 0 Å². The highest BCUT2D eigenvalue weighted by atomic mass is 16.1. The van der Waals surface area contributed by atoms with Crippen LogP contribution in [0.25, 0.3) is 0 Å². The van der Waals surface area contributed by atoms with Crippen molar-refractivity contribution >= 4 is 5.78 Å². The van der Waals surface area contributed by atoms with Crippen molar-refractivity contribution < 1.29 is 4.79 Å². The summed E-state index contributed by atoms with van der Waals surface area (Å²) < 4.78 is 2.24. The van der Waals surface area contributed by atoms with Gasteiger partial charge in [-0.05, 0) is 32.9 Å². The number of ketones is 1. The lowest BCUT2D eigenvalue weighted by molar-refractivity contribution is -0.116. The Bertz CT molecular complexity index is 296. The van der Waals surface area contributed by atoms with Crippen LogP contribution in [0.2, 0.25) is 0 Å².